The third-order valence-corrected chi connectivity index (χ3v) is 3.64. The second-order valence-corrected chi connectivity index (χ2v) is 6.16. The highest BCUT2D eigenvalue weighted by Gasteiger charge is 2.43. The first-order valence-corrected chi connectivity index (χ1v) is 5.62. The van der Waals surface area contributed by atoms with Crippen molar-refractivity contribution in [2.24, 2.45) is 0 Å². The van der Waals surface area contributed by atoms with E-state index >= 15 is 0 Å². The zero-order chi connectivity index (χ0) is 11.4. The van der Waals surface area contributed by atoms with Gasteiger partial charge in [0, 0.05) is 5.02 Å². The smallest absolute Gasteiger partial charge is 0.125 e. The van der Waals surface area contributed by atoms with Crippen molar-refractivity contribution in [3.8, 4) is 0 Å². The number of benzene rings is 1. The minimum atomic E-state index is -0.232. The van der Waals surface area contributed by atoms with Gasteiger partial charge in [0.25, 0.3) is 0 Å². The van der Waals surface area contributed by atoms with E-state index in [0.717, 1.165) is 17.5 Å². The molecule has 1 aliphatic carbocycles. The average molecular weight is 227 g/mol. The van der Waals surface area contributed by atoms with E-state index < -0.39 is 0 Å². The van der Waals surface area contributed by atoms with Crippen LogP contribution in [0, 0.1) is 5.82 Å². The summed E-state index contributed by atoms with van der Waals surface area (Å²) in [5.74, 6) is -0.232. The second kappa shape index (κ2) is 2.98. The van der Waals surface area contributed by atoms with Crippen molar-refractivity contribution in [1.82, 2.24) is 0 Å². The summed E-state index contributed by atoms with van der Waals surface area (Å²) < 4.78 is 13.3. The fourth-order valence-electron chi connectivity index (χ4n) is 3.08. The van der Waals surface area contributed by atoms with Crippen molar-refractivity contribution in [1.29, 1.82) is 0 Å². The molecule has 0 saturated carbocycles. The molecule has 0 unspecified atom stereocenters. The van der Waals surface area contributed by atoms with Gasteiger partial charge in [-0.3, -0.25) is 0 Å². The monoisotopic (exact) mass is 226 g/mol. The fraction of sp³-hybridized carbons (Fsp3) is 0.538. The first kappa shape index (κ1) is 10.9. The lowest BCUT2D eigenvalue weighted by molar-refractivity contribution is 0.403. The summed E-state index contributed by atoms with van der Waals surface area (Å²) in [6, 6.07) is 3.06. The van der Waals surface area contributed by atoms with Gasteiger partial charge in [0.2, 0.25) is 0 Å². The van der Waals surface area contributed by atoms with E-state index in [4.69, 9.17) is 11.6 Å². The van der Waals surface area contributed by atoms with Gasteiger partial charge in [0.15, 0.2) is 0 Å². The van der Waals surface area contributed by atoms with Crippen LogP contribution in [0.15, 0.2) is 12.1 Å². The lowest BCUT2D eigenvalue weighted by atomic mass is 9.82. The van der Waals surface area contributed by atoms with Crippen LogP contribution in [0.25, 0.3) is 0 Å². The molecule has 2 heteroatoms. The topological polar surface area (TPSA) is 0 Å². The van der Waals surface area contributed by atoms with Crippen molar-refractivity contribution in [3.05, 3.63) is 34.1 Å². The molecule has 0 saturated heterocycles. The van der Waals surface area contributed by atoms with Crippen LogP contribution < -0.4 is 0 Å². The average Bonchev–Trinajstić information content (AvgIpc) is 2.15. The van der Waals surface area contributed by atoms with E-state index in [0.29, 0.717) is 5.02 Å². The number of hydrogen-bond acceptors (Lipinski definition) is 0. The maximum atomic E-state index is 13.3. The van der Waals surface area contributed by atoms with Crippen LogP contribution in [-0.4, -0.2) is 0 Å². The zero-order valence-electron chi connectivity index (χ0n) is 9.62. The summed E-state index contributed by atoms with van der Waals surface area (Å²) in [7, 11) is 0. The van der Waals surface area contributed by atoms with Crippen molar-refractivity contribution in [2.75, 3.05) is 0 Å². The highest BCUT2D eigenvalue weighted by Crippen LogP contribution is 2.51. The lowest BCUT2D eigenvalue weighted by Crippen LogP contribution is -2.18. The van der Waals surface area contributed by atoms with Crippen LogP contribution in [0.2, 0.25) is 5.02 Å². The van der Waals surface area contributed by atoms with Gasteiger partial charge in [-0.25, -0.2) is 4.39 Å². The summed E-state index contributed by atoms with van der Waals surface area (Å²) >= 11 is 6.15. The van der Waals surface area contributed by atoms with E-state index in [9.17, 15) is 4.39 Å². The molecule has 1 aliphatic rings. The molecule has 0 nitrogen and oxygen atoms in total. The Labute approximate surface area is 95.4 Å². The van der Waals surface area contributed by atoms with Gasteiger partial charge in [-0.2, -0.15) is 0 Å². The fourth-order valence-corrected chi connectivity index (χ4v) is 3.55. The number of hydrogen-bond donors (Lipinski definition) is 0. The maximum Gasteiger partial charge on any atom is 0.125 e. The first-order chi connectivity index (χ1) is 6.74. The molecular weight excluding hydrogens is 211 g/mol. The van der Waals surface area contributed by atoms with Gasteiger partial charge >= 0.3 is 0 Å². The molecule has 1 aromatic rings. The van der Waals surface area contributed by atoms with Gasteiger partial charge in [-0.1, -0.05) is 39.3 Å². The van der Waals surface area contributed by atoms with E-state index in [2.05, 4.69) is 27.7 Å². The van der Waals surface area contributed by atoms with Crippen molar-refractivity contribution in [3.63, 3.8) is 0 Å². The molecule has 0 radical (unpaired) electrons. The van der Waals surface area contributed by atoms with Crippen LogP contribution in [0.3, 0.4) is 0 Å². The van der Waals surface area contributed by atoms with Crippen molar-refractivity contribution >= 4 is 11.6 Å². The summed E-state index contributed by atoms with van der Waals surface area (Å²) in [5.41, 5.74) is 2.25. The molecule has 82 valence electrons. The molecule has 15 heavy (non-hydrogen) atoms. The Balaban J connectivity index is 2.75. The summed E-state index contributed by atoms with van der Waals surface area (Å²) in [6.07, 6.45) is 1.01. The van der Waals surface area contributed by atoms with Crippen LogP contribution in [-0.2, 0) is 10.8 Å². The standard InChI is InChI=1S/C13H16ClF/c1-12(2)7-13(3,4)11-9(12)5-8(15)6-10(11)14/h5-6H,7H2,1-4H3. The Bertz CT molecular complexity index is 419. The Morgan fingerprint density at radius 1 is 1.13 bits per heavy atom. The summed E-state index contributed by atoms with van der Waals surface area (Å²) in [4.78, 5) is 0. The third-order valence-electron chi connectivity index (χ3n) is 3.34. The van der Waals surface area contributed by atoms with Gasteiger partial charge < -0.3 is 0 Å². The van der Waals surface area contributed by atoms with Gasteiger partial charge in [-0.15, -0.1) is 0 Å². The molecule has 0 fully saturated rings. The Morgan fingerprint density at radius 2 is 1.73 bits per heavy atom. The molecule has 0 heterocycles. The largest absolute Gasteiger partial charge is 0.207 e. The third kappa shape index (κ3) is 1.57. The molecule has 0 aromatic heterocycles. The van der Waals surface area contributed by atoms with E-state index in [1.165, 1.54) is 6.07 Å². The molecule has 0 spiro atoms. The van der Waals surface area contributed by atoms with Crippen LogP contribution in [0.5, 0.6) is 0 Å². The highest BCUT2D eigenvalue weighted by atomic mass is 35.5. The zero-order valence-corrected chi connectivity index (χ0v) is 10.4. The number of fused-ring (bicyclic) bond motifs is 1. The molecule has 0 bridgehead atoms. The van der Waals surface area contributed by atoms with Crippen LogP contribution in [0.1, 0.15) is 45.2 Å². The van der Waals surface area contributed by atoms with Gasteiger partial charge in [-0.05, 0) is 40.5 Å². The quantitative estimate of drug-likeness (QED) is 0.614. The van der Waals surface area contributed by atoms with Crippen LogP contribution >= 0.6 is 11.6 Å². The minimum absolute atomic E-state index is 0.0184. The van der Waals surface area contributed by atoms with Crippen LogP contribution in [0.4, 0.5) is 4.39 Å². The normalized spacial score (nSPS) is 21.5. The lowest BCUT2D eigenvalue weighted by Gasteiger charge is -2.22. The van der Waals surface area contributed by atoms with Gasteiger partial charge in [0.1, 0.15) is 5.82 Å². The van der Waals surface area contributed by atoms with E-state index in [1.807, 2.05) is 0 Å². The summed E-state index contributed by atoms with van der Waals surface area (Å²) in [6.45, 7) is 8.64. The number of halogens is 2. The number of rotatable bonds is 0. The molecule has 0 N–H and O–H groups in total. The molecular formula is C13H16ClF. The molecule has 0 amide bonds. The second-order valence-electron chi connectivity index (χ2n) is 5.75. The summed E-state index contributed by atoms with van der Waals surface area (Å²) in [5, 5.41) is 0.570. The maximum absolute atomic E-state index is 13.3. The van der Waals surface area contributed by atoms with E-state index in [1.54, 1.807) is 6.07 Å². The first-order valence-electron chi connectivity index (χ1n) is 5.24. The minimum Gasteiger partial charge on any atom is -0.207 e. The van der Waals surface area contributed by atoms with Gasteiger partial charge in [0.05, 0.1) is 0 Å². The van der Waals surface area contributed by atoms with Crippen molar-refractivity contribution in [2.45, 2.75) is 44.9 Å². The molecule has 2 rings (SSSR count). The molecule has 1 aromatic carbocycles. The Kier molecular flexibility index (Phi) is 2.17. The molecule has 0 atom stereocenters. The highest BCUT2D eigenvalue weighted by molar-refractivity contribution is 6.31. The predicted molar refractivity (Wildman–Crippen MR) is 62.1 cm³/mol. The van der Waals surface area contributed by atoms with Crippen molar-refractivity contribution < 1.29 is 4.39 Å². The Hall–Kier alpha value is -0.560. The predicted octanol–water partition coefficient (Wildman–Crippen LogP) is 4.44. The Morgan fingerprint density at radius 3 is 2.33 bits per heavy atom. The SMILES string of the molecule is CC1(C)CC(C)(C)c2c(Cl)cc(F)cc21. The molecule has 0 aliphatic heterocycles. The van der Waals surface area contributed by atoms with E-state index in [-0.39, 0.29) is 16.6 Å².